The van der Waals surface area contributed by atoms with Gasteiger partial charge < -0.3 is 20.1 Å². The van der Waals surface area contributed by atoms with Crippen LogP contribution < -0.4 is 15.2 Å². The monoisotopic (exact) mass is 432 g/mol. The van der Waals surface area contributed by atoms with Gasteiger partial charge in [0.15, 0.2) is 11.5 Å². The number of likely N-dealkylation sites (tertiary alicyclic amines) is 1. The Morgan fingerprint density at radius 3 is 2.50 bits per heavy atom. The van der Waals surface area contributed by atoms with Crippen LogP contribution >= 0.6 is 12.4 Å². The summed E-state index contributed by atoms with van der Waals surface area (Å²) in [7, 11) is 1.60. The summed E-state index contributed by atoms with van der Waals surface area (Å²) in [5, 5.41) is 0. The van der Waals surface area contributed by atoms with E-state index in [1.165, 1.54) is 5.56 Å². The molecule has 1 aliphatic rings. The SMILES string of the molecule is COc1cc(C(=O)N2C[C@@H](CN)[C@H](c3ccccc3)C2)ccc1OCCC(C)C.Cl. The summed E-state index contributed by atoms with van der Waals surface area (Å²) in [4.78, 5) is 15.1. The van der Waals surface area contributed by atoms with Gasteiger partial charge in [0.25, 0.3) is 5.91 Å². The third-order valence-electron chi connectivity index (χ3n) is 5.62. The highest BCUT2D eigenvalue weighted by molar-refractivity contribution is 5.95. The molecule has 2 N–H and O–H groups in total. The van der Waals surface area contributed by atoms with Crippen molar-refractivity contribution in [2.45, 2.75) is 26.2 Å². The predicted molar refractivity (Wildman–Crippen MR) is 123 cm³/mol. The smallest absolute Gasteiger partial charge is 0.254 e. The molecule has 1 amide bonds. The van der Waals surface area contributed by atoms with Crippen molar-refractivity contribution in [3.05, 3.63) is 59.7 Å². The Bertz CT molecular complexity index is 813. The summed E-state index contributed by atoms with van der Waals surface area (Å²) in [6.45, 7) is 6.87. The number of halogens is 1. The van der Waals surface area contributed by atoms with Crippen molar-refractivity contribution < 1.29 is 14.3 Å². The van der Waals surface area contributed by atoms with Crippen molar-refractivity contribution in [2.24, 2.45) is 17.6 Å². The summed E-state index contributed by atoms with van der Waals surface area (Å²) in [5.41, 5.74) is 7.88. The quantitative estimate of drug-likeness (QED) is 0.673. The molecule has 0 saturated carbocycles. The number of carbonyl (C=O) groups is 1. The van der Waals surface area contributed by atoms with Crippen LogP contribution in [-0.2, 0) is 0 Å². The van der Waals surface area contributed by atoms with Crippen LogP contribution in [0.3, 0.4) is 0 Å². The largest absolute Gasteiger partial charge is 0.493 e. The Balaban J connectivity index is 0.00000320. The van der Waals surface area contributed by atoms with E-state index in [4.69, 9.17) is 15.2 Å². The molecule has 164 valence electrons. The summed E-state index contributed by atoms with van der Waals surface area (Å²) in [6.07, 6.45) is 0.971. The molecule has 2 atom stereocenters. The van der Waals surface area contributed by atoms with Gasteiger partial charge in [-0.1, -0.05) is 44.2 Å². The molecule has 1 fully saturated rings. The van der Waals surface area contributed by atoms with Gasteiger partial charge in [-0.15, -0.1) is 12.4 Å². The van der Waals surface area contributed by atoms with Gasteiger partial charge in [-0.2, -0.15) is 0 Å². The number of rotatable bonds is 8. The van der Waals surface area contributed by atoms with Crippen molar-refractivity contribution in [2.75, 3.05) is 33.4 Å². The predicted octanol–water partition coefficient (Wildman–Crippen LogP) is 4.36. The molecule has 30 heavy (non-hydrogen) atoms. The number of benzene rings is 2. The lowest BCUT2D eigenvalue weighted by Crippen LogP contribution is -2.29. The second kappa shape index (κ2) is 11.2. The van der Waals surface area contributed by atoms with E-state index < -0.39 is 0 Å². The van der Waals surface area contributed by atoms with Crippen LogP contribution in [0.15, 0.2) is 48.5 Å². The number of nitrogens with zero attached hydrogens (tertiary/aromatic N) is 1. The van der Waals surface area contributed by atoms with E-state index in [-0.39, 0.29) is 30.2 Å². The van der Waals surface area contributed by atoms with E-state index in [1.54, 1.807) is 13.2 Å². The third kappa shape index (κ3) is 5.67. The van der Waals surface area contributed by atoms with Crippen LogP contribution in [-0.4, -0.2) is 44.2 Å². The summed E-state index contributed by atoms with van der Waals surface area (Å²) < 4.78 is 11.3. The molecule has 1 saturated heterocycles. The van der Waals surface area contributed by atoms with E-state index in [9.17, 15) is 4.79 Å². The van der Waals surface area contributed by atoms with Crippen LogP contribution in [0, 0.1) is 11.8 Å². The zero-order valence-corrected chi connectivity index (χ0v) is 18.9. The fourth-order valence-electron chi connectivity index (χ4n) is 3.86. The van der Waals surface area contributed by atoms with Crippen molar-refractivity contribution in [3.63, 3.8) is 0 Å². The molecule has 0 spiro atoms. The molecule has 1 heterocycles. The lowest BCUT2D eigenvalue weighted by molar-refractivity contribution is 0.0786. The van der Waals surface area contributed by atoms with Crippen LogP contribution in [0.2, 0.25) is 0 Å². The molecule has 0 radical (unpaired) electrons. The first-order chi connectivity index (χ1) is 14.0. The van der Waals surface area contributed by atoms with E-state index in [1.807, 2.05) is 35.2 Å². The highest BCUT2D eigenvalue weighted by Gasteiger charge is 2.35. The van der Waals surface area contributed by atoms with Gasteiger partial charge in [-0.05, 0) is 48.6 Å². The Hall–Kier alpha value is -2.24. The van der Waals surface area contributed by atoms with Crippen LogP contribution in [0.1, 0.15) is 42.1 Å². The van der Waals surface area contributed by atoms with Gasteiger partial charge in [0.2, 0.25) is 0 Å². The molecule has 3 rings (SSSR count). The topological polar surface area (TPSA) is 64.8 Å². The van der Waals surface area contributed by atoms with E-state index in [0.717, 1.165) is 6.42 Å². The minimum atomic E-state index is 0. The number of nitrogens with two attached hydrogens (primary N) is 1. The van der Waals surface area contributed by atoms with E-state index >= 15 is 0 Å². The molecule has 6 heteroatoms. The van der Waals surface area contributed by atoms with Gasteiger partial charge >= 0.3 is 0 Å². The number of hydrogen-bond donors (Lipinski definition) is 1. The first kappa shape index (κ1) is 24.0. The van der Waals surface area contributed by atoms with Crippen molar-refractivity contribution in [3.8, 4) is 11.5 Å². The molecule has 0 aromatic heterocycles. The molecule has 2 aromatic carbocycles. The Kier molecular flexibility index (Phi) is 9.00. The van der Waals surface area contributed by atoms with Crippen LogP contribution in [0.25, 0.3) is 0 Å². The minimum Gasteiger partial charge on any atom is -0.493 e. The Labute approximate surface area is 186 Å². The number of hydrogen-bond acceptors (Lipinski definition) is 4. The molecular formula is C24H33ClN2O3. The van der Waals surface area contributed by atoms with Crippen molar-refractivity contribution in [1.29, 1.82) is 0 Å². The fourth-order valence-corrected chi connectivity index (χ4v) is 3.86. The Morgan fingerprint density at radius 1 is 1.13 bits per heavy atom. The third-order valence-corrected chi connectivity index (χ3v) is 5.62. The van der Waals surface area contributed by atoms with Crippen molar-refractivity contribution >= 4 is 18.3 Å². The van der Waals surface area contributed by atoms with E-state index in [0.29, 0.717) is 49.2 Å². The first-order valence-electron chi connectivity index (χ1n) is 10.4. The maximum absolute atomic E-state index is 13.2. The summed E-state index contributed by atoms with van der Waals surface area (Å²) in [6, 6.07) is 15.8. The van der Waals surface area contributed by atoms with Gasteiger partial charge in [0.05, 0.1) is 13.7 Å². The molecule has 1 aliphatic heterocycles. The van der Waals surface area contributed by atoms with Gasteiger partial charge in [0.1, 0.15) is 0 Å². The van der Waals surface area contributed by atoms with Crippen LogP contribution in [0.5, 0.6) is 11.5 Å². The average Bonchev–Trinajstić information content (AvgIpc) is 3.18. The zero-order valence-electron chi connectivity index (χ0n) is 18.0. The standard InChI is InChI=1S/C24H32N2O3.ClH/c1-17(2)11-12-29-22-10-9-19(13-23(22)28-3)24(27)26-15-20(14-25)21(16-26)18-7-5-4-6-8-18;/h4-10,13,17,20-21H,11-12,14-16,25H2,1-3H3;1H/t20-,21+;/m1./s1. The van der Waals surface area contributed by atoms with Crippen molar-refractivity contribution in [1.82, 2.24) is 4.90 Å². The summed E-state index contributed by atoms with van der Waals surface area (Å²) >= 11 is 0. The first-order valence-corrected chi connectivity index (χ1v) is 10.4. The lowest BCUT2D eigenvalue weighted by atomic mass is 9.89. The highest BCUT2D eigenvalue weighted by atomic mass is 35.5. The van der Waals surface area contributed by atoms with E-state index in [2.05, 4.69) is 26.0 Å². The molecule has 2 aromatic rings. The maximum Gasteiger partial charge on any atom is 0.254 e. The number of ether oxygens (including phenoxy) is 2. The maximum atomic E-state index is 13.2. The van der Waals surface area contributed by atoms with Gasteiger partial charge in [0, 0.05) is 24.6 Å². The average molecular weight is 433 g/mol. The molecule has 0 bridgehead atoms. The number of carbonyl (C=O) groups excluding carboxylic acids is 1. The fraction of sp³-hybridized carbons (Fsp3) is 0.458. The summed E-state index contributed by atoms with van der Waals surface area (Å²) in [5.74, 6) is 2.38. The second-order valence-electron chi connectivity index (χ2n) is 8.12. The molecule has 0 aliphatic carbocycles. The normalized spacial score (nSPS) is 18.2. The minimum absolute atomic E-state index is 0. The highest BCUT2D eigenvalue weighted by Crippen LogP contribution is 2.34. The number of methoxy groups -OCH3 is 1. The number of amides is 1. The molecular weight excluding hydrogens is 400 g/mol. The zero-order chi connectivity index (χ0) is 20.8. The Morgan fingerprint density at radius 2 is 1.87 bits per heavy atom. The van der Waals surface area contributed by atoms with Gasteiger partial charge in [-0.3, -0.25) is 4.79 Å². The van der Waals surface area contributed by atoms with Crippen LogP contribution in [0.4, 0.5) is 0 Å². The molecule has 0 unspecified atom stereocenters. The lowest BCUT2D eigenvalue weighted by Gasteiger charge is -2.18. The van der Waals surface area contributed by atoms with Gasteiger partial charge in [-0.25, -0.2) is 0 Å². The molecule has 5 nitrogen and oxygen atoms in total. The second-order valence-corrected chi connectivity index (χ2v) is 8.12.